The maximum Gasteiger partial charge on any atom is 0.0714 e. The van der Waals surface area contributed by atoms with Crippen LogP contribution in [0.3, 0.4) is 0 Å². The van der Waals surface area contributed by atoms with E-state index in [1.807, 2.05) is 59.6 Å². The van der Waals surface area contributed by atoms with E-state index >= 15 is 0 Å². The van der Waals surface area contributed by atoms with Crippen LogP contribution < -0.4 is 4.90 Å². The molecule has 1 heteroatoms. The number of fused-ring (bicyclic) bond motifs is 6. The van der Waals surface area contributed by atoms with Crippen LogP contribution in [0.2, 0.25) is 0 Å². The molecule has 0 aromatic heterocycles. The van der Waals surface area contributed by atoms with Crippen LogP contribution in [0.15, 0.2) is 261 Å². The zero-order valence-corrected chi connectivity index (χ0v) is 39.6. The Hall–Kier alpha value is -8.00. The maximum absolute atomic E-state index is 9.98. The van der Waals surface area contributed by atoms with Gasteiger partial charge >= 0.3 is 0 Å². The average molecular weight is 908 g/mol. The minimum Gasteiger partial charge on any atom is -0.314 e. The summed E-state index contributed by atoms with van der Waals surface area (Å²) in [5.74, 6) is -0.892. The van der Waals surface area contributed by atoms with Gasteiger partial charge in [-0.05, 0) is 176 Å². The predicted octanol–water partition coefficient (Wildman–Crippen LogP) is 17.8. The third kappa shape index (κ3) is 8.06. The van der Waals surface area contributed by atoms with Gasteiger partial charge in [0.05, 0.1) is 12.3 Å². The predicted molar refractivity (Wildman–Crippen MR) is 299 cm³/mol. The second kappa shape index (κ2) is 19.2. The molecule has 0 fully saturated rings. The van der Waals surface area contributed by atoms with Crippen LogP contribution in [-0.4, -0.2) is 0 Å². The SMILES string of the molecule is [2H]C1=CC(c2c([2H])c([2H])c(N(C3=CC=C(C(=C)/C=C\C(=C)C(=C)/C=C\C=C)CC3)c3ccc4c(c3)C(c3ccccc3)(c3ccccc3)c3ccccc3-4)c([2H])c2[2H])C([2H])C=C1c1cc2c(c3c1C=CCC3)CCC=C2. The smallest absolute Gasteiger partial charge is 0.0714 e. The van der Waals surface area contributed by atoms with Crippen LogP contribution in [0.5, 0.6) is 0 Å². The van der Waals surface area contributed by atoms with Crippen LogP contribution in [-0.2, 0) is 18.3 Å². The van der Waals surface area contributed by atoms with E-state index < -0.39 is 17.7 Å². The Bertz CT molecular complexity index is 3620. The number of benzene rings is 6. The molecule has 0 saturated heterocycles. The summed E-state index contributed by atoms with van der Waals surface area (Å²) in [4.78, 5) is 1.92. The molecule has 5 aliphatic carbocycles. The van der Waals surface area contributed by atoms with E-state index in [2.05, 4.69) is 142 Å². The van der Waals surface area contributed by atoms with Crippen molar-refractivity contribution >= 4 is 29.1 Å². The Morgan fingerprint density at radius 1 is 0.657 bits per heavy atom. The van der Waals surface area contributed by atoms with Gasteiger partial charge in [0.25, 0.3) is 0 Å². The number of rotatable bonds is 13. The molecule has 2 atom stereocenters. The van der Waals surface area contributed by atoms with Crippen molar-refractivity contribution in [3.8, 4) is 11.1 Å². The van der Waals surface area contributed by atoms with Gasteiger partial charge in [0.15, 0.2) is 0 Å². The lowest BCUT2D eigenvalue weighted by Crippen LogP contribution is -2.29. The summed E-state index contributed by atoms with van der Waals surface area (Å²) in [5.41, 5.74) is 17.4. The normalized spacial score (nSPS) is 19.6. The molecule has 0 spiro atoms. The Balaban J connectivity index is 1.05. The summed E-state index contributed by atoms with van der Waals surface area (Å²) >= 11 is 0. The Morgan fingerprint density at radius 2 is 1.36 bits per heavy atom. The molecule has 2 unspecified atom stereocenters. The highest BCUT2D eigenvalue weighted by Gasteiger charge is 2.46. The molecular formula is C69H59N. The highest BCUT2D eigenvalue weighted by atomic mass is 15.1. The highest BCUT2D eigenvalue weighted by Crippen LogP contribution is 2.57. The summed E-state index contributed by atoms with van der Waals surface area (Å²) in [5, 5.41) is 0. The molecule has 340 valence electrons. The van der Waals surface area contributed by atoms with E-state index in [0.29, 0.717) is 24.1 Å². The maximum atomic E-state index is 9.98. The number of hydrogen-bond donors (Lipinski definition) is 0. The molecule has 0 aliphatic heterocycles. The Kier molecular flexibility index (Phi) is 10.4. The minimum absolute atomic E-state index is 0.109. The van der Waals surface area contributed by atoms with Crippen molar-refractivity contribution in [1.82, 2.24) is 0 Å². The minimum atomic E-state index is -0.971. The summed E-state index contributed by atoms with van der Waals surface area (Å²) in [7, 11) is 0. The van der Waals surface area contributed by atoms with Gasteiger partial charge < -0.3 is 4.90 Å². The van der Waals surface area contributed by atoms with Gasteiger partial charge in [-0.3, -0.25) is 0 Å². The van der Waals surface area contributed by atoms with Crippen molar-refractivity contribution in [3.63, 3.8) is 0 Å². The fraction of sp³-hybridized carbons (Fsp3) is 0.130. The molecule has 0 amide bonds. The molecule has 11 rings (SSSR count). The first kappa shape index (κ1) is 37.9. The molecule has 5 aliphatic rings. The molecule has 0 N–H and O–H groups in total. The number of anilines is 2. The zero-order valence-electron chi connectivity index (χ0n) is 45.6. The third-order valence-electron chi connectivity index (χ3n) is 14.6. The number of nitrogens with zero attached hydrogens (tertiary/aromatic N) is 1. The van der Waals surface area contributed by atoms with Gasteiger partial charge in [-0.1, -0.05) is 208 Å². The second-order valence-electron chi connectivity index (χ2n) is 18.6. The lowest BCUT2D eigenvalue weighted by atomic mass is 9.67. The summed E-state index contributed by atoms with van der Waals surface area (Å²) < 4.78 is 58.7. The topological polar surface area (TPSA) is 3.24 Å². The second-order valence-corrected chi connectivity index (χ2v) is 18.6. The molecule has 0 radical (unpaired) electrons. The first-order valence-corrected chi connectivity index (χ1v) is 24.5. The van der Waals surface area contributed by atoms with E-state index in [1.165, 1.54) is 11.1 Å². The lowest BCUT2D eigenvalue weighted by molar-refractivity contribution is 0.768. The monoisotopic (exact) mass is 908 g/mol. The lowest BCUT2D eigenvalue weighted by Gasteiger charge is -2.35. The average Bonchev–Trinajstić information content (AvgIpc) is 3.84. The van der Waals surface area contributed by atoms with Crippen LogP contribution >= 0.6 is 0 Å². The van der Waals surface area contributed by atoms with Crippen LogP contribution in [0.25, 0.3) is 28.9 Å². The molecule has 6 aromatic carbocycles. The van der Waals surface area contributed by atoms with Gasteiger partial charge in [0.1, 0.15) is 0 Å². The fourth-order valence-electron chi connectivity index (χ4n) is 11.1. The highest BCUT2D eigenvalue weighted by molar-refractivity contribution is 5.89. The summed E-state index contributed by atoms with van der Waals surface area (Å²) in [6, 6.07) is 37.5. The van der Waals surface area contributed by atoms with Crippen molar-refractivity contribution in [2.75, 3.05) is 4.90 Å². The van der Waals surface area contributed by atoms with Crippen LogP contribution in [0.1, 0.15) is 102 Å². The Labute approximate surface area is 424 Å². The van der Waals surface area contributed by atoms with Gasteiger partial charge in [0.2, 0.25) is 0 Å². The number of allylic oxidation sites excluding steroid dienone is 18. The van der Waals surface area contributed by atoms with E-state index in [-0.39, 0.29) is 41.5 Å². The van der Waals surface area contributed by atoms with Crippen LogP contribution in [0.4, 0.5) is 11.4 Å². The van der Waals surface area contributed by atoms with Gasteiger partial charge in [-0.25, -0.2) is 0 Å². The van der Waals surface area contributed by atoms with Gasteiger partial charge in [-0.2, -0.15) is 0 Å². The molecule has 70 heavy (non-hydrogen) atoms. The van der Waals surface area contributed by atoms with Crippen molar-refractivity contribution < 1.29 is 8.22 Å². The van der Waals surface area contributed by atoms with Gasteiger partial charge in [0, 0.05) is 24.4 Å². The van der Waals surface area contributed by atoms with E-state index in [1.54, 1.807) is 18.2 Å². The quantitative estimate of drug-likeness (QED) is 0.104. The van der Waals surface area contributed by atoms with Gasteiger partial charge in [-0.15, -0.1) is 0 Å². The van der Waals surface area contributed by atoms with Crippen molar-refractivity contribution in [3.05, 3.63) is 316 Å². The third-order valence-corrected chi connectivity index (χ3v) is 14.6. The molecule has 0 bridgehead atoms. The summed E-state index contributed by atoms with van der Waals surface area (Å²) in [6.07, 6.45) is 29.5. The van der Waals surface area contributed by atoms with Crippen molar-refractivity contribution in [2.24, 2.45) is 0 Å². The van der Waals surface area contributed by atoms with E-state index in [0.717, 1.165) is 104 Å². The summed E-state index contributed by atoms with van der Waals surface area (Å²) in [6.45, 7) is 16.5. The molecule has 6 aromatic rings. The van der Waals surface area contributed by atoms with Crippen molar-refractivity contribution in [2.45, 2.75) is 56.3 Å². The molecular weight excluding hydrogens is 843 g/mol. The fourth-order valence-corrected chi connectivity index (χ4v) is 11.1. The first-order chi connectivity index (χ1) is 36.9. The largest absolute Gasteiger partial charge is 0.314 e. The molecule has 0 heterocycles. The molecule has 0 saturated carbocycles. The standard InChI is InChI=1S/C69H59N/c1-5-6-19-48(2)49(3)30-31-50(4)51-36-40-58(41-37-51)70(60-44-45-65-64-28-17-18-29-67(64)69(68(65)47-60,56-21-9-7-10-22-56)57-23-11-8-12-24-57)59-42-38-53(39-43-59)52-32-34-54(35-33-52)66-46-55-20-13-14-25-61(55)62-26-15-16-27-63(62)66/h5-13,16-24,27-32,34-36,38-40,42-47,52H,1-4,14-15,25-26,33,37,41H2/b19-6-,31-30-/i33D,34D,38D,39D,42D,43D. The first-order valence-electron chi connectivity index (χ1n) is 27.5. The zero-order chi connectivity index (χ0) is 52.8. The van der Waals surface area contributed by atoms with Crippen LogP contribution in [0, 0.1) is 0 Å². The van der Waals surface area contributed by atoms with Crippen molar-refractivity contribution in [1.29, 1.82) is 0 Å². The van der Waals surface area contributed by atoms with E-state index in [9.17, 15) is 8.22 Å². The number of hydrogen-bond acceptors (Lipinski definition) is 1. The molecule has 1 nitrogen and oxygen atoms in total. The Morgan fingerprint density at radius 3 is 2.10 bits per heavy atom. The van der Waals surface area contributed by atoms with E-state index in [4.69, 9.17) is 0 Å².